The van der Waals surface area contributed by atoms with E-state index in [4.69, 9.17) is 25.5 Å². The van der Waals surface area contributed by atoms with Crippen LogP contribution in [0.1, 0.15) is 107 Å². The minimum atomic E-state index is -0.840. The second-order valence-electron chi connectivity index (χ2n) is 24.6. The molecule has 9 heterocycles. The van der Waals surface area contributed by atoms with Crippen LogP contribution >= 0.6 is 11.3 Å². The molecule has 7 N–H and O–H groups in total. The number of carbonyl (C=O) groups excluding carboxylic acids is 2. The van der Waals surface area contributed by atoms with Crippen LogP contribution in [0.4, 0.5) is 23.0 Å². The van der Waals surface area contributed by atoms with Gasteiger partial charge in [0.2, 0.25) is 17.7 Å². The summed E-state index contributed by atoms with van der Waals surface area (Å²) in [5, 5.41) is 37.7. The number of hydrogen-bond acceptors (Lipinski definition) is 19. The topological polar surface area (TPSA) is 251 Å². The molecule has 2 aromatic carbocycles. The molecule has 6 aromatic rings. The van der Waals surface area contributed by atoms with Crippen molar-refractivity contribution in [1.29, 1.82) is 0 Å². The molecule has 6 atom stereocenters. The first-order valence-corrected chi connectivity index (χ1v) is 31.3. The van der Waals surface area contributed by atoms with Crippen molar-refractivity contribution in [3.05, 3.63) is 102 Å². The number of pyridine rings is 1. The molecule has 446 valence electrons. The van der Waals surface area contributed by atoms with Gasteiger partial charge in [0, 0.05) is 114 Å². The summed E-state index contributed by atoms with van der Waals surface area (Å²) in [4.78, 5) is 49.9. The number of ether oxygens (including phenoxy) is 2. The number of aromatic hydroxyl groups is 1. The molecule has 12 rings (SSSR count). The summed E-state index contributed by atoms with van der Waals surface area (Å²) >= 11 is 1.59. The minimum Gasteiger partial charge on any atom is -0.507 e. The molecule has 0 radical (unpaired) electrons. The van der Waals surface area contributed by atoms with E-state index in [1.54, 1.807) is 23.5 Å². The van der Waals surface area contributed by atoms with Gasteiger partial charge in [0.05, 0.1) is 51.8 Å². The molecule has 2 unspecified atom stereocenters. The third-order valence-corrected chi connectivity index (χ3v) is 19.5. The predicted octanol–water partition coefficient (Wildman–Crippen LogP) is 7.57. The van der Waals surface area contributed by atoms with Gasteiger partial charge in [0.25, 0.3) is 0 Å². The van der Waals surface area contributed by atoms with Crippen LogP contribution in [-0.4, -0.2) is 159 Å². The zero-order chi connectivity index (χ0) is 58.0. The van der Waals surface area contributed by atoms with E-state index in [9.17, 15) is 19.8 Å². The molecule has 1 aliphatic carbocycles. The van der Waals surface area contributed by atoms with Crippen molar-refractivity contribution in [2.24, 2.45) is 23.5 Å². The van der Waals surface area contributed by atoms with Crippen molar-refractivity contribution in [1.82, 2.24) is 40.4 Å². The Hall–Kier alpha value is -6.91. The number of anilines is 4. The van der Waals surface area contributed by atoms with E-state index in [-0.39, 0.29) is 66.8 Å². The molecule has 84 heavy (non-hydrogen) atoms. The number of benzene rings is 2. The number of thiazole rings is 1. The van der Waals surface area contributed by atoms with Crippen LogP contribution in [-0.2, 0) is 14.3 Å². The van der Waals surface area contributed by atoms with E-state index in [0.29, 0.717) is 53.5 Å². The molecule has 5 aliphatic heterocycles. The first-order valence-electron chi connectivity index (χ1n) is 30.4. The number of phenolic OH excluding ortho intramolecular Hbond substituents is 1. The highest BCUT2D eigenvalue weighted by molar-refractivity contribution is 7.13. The molecule has 5 saturated heterocycles. The highest BCUT2D eigenvalue weighted by Gasteiger charge is 2.45. The van der Waals surface area contributed by atoms with Gasteiger partial charge in [0.1, 0.15) is 23.8 Å². The largest absolute Gasteiger partial charge is 0.507 e. The van der Waals surface area contributed by atoms with Crippen molar-refractivity contribution in [2.45, 2.75) is 133 Å². The molecular formula is C63H81N13O7S. The Morgan fingerprint density at radius 1 is 0.857 bits per heavy atom. The zero-order valence-electron chi connectivity index (χ0n) is 48.5. The van der Waals surface area contributed by atoms with Gasteiger partial charge < -0.3 is 65.5 Å². The van der Waals surface area contributed by atoms with Crippen molar-refractivity contribution < 1.29 is 33.8 Å². The van der Waals surface area contributed by atoms with Gasteiger partial charge in [-0.05, 0) is 112 Å². The van der Waals surface area contributed by atoms with Crippen LogP contribution in [0, 0.1) is 24.7 Å². The molecule has 21 heteroatoms. The maximum absolute atomic E-state index is 14.5. The van der Waals surface area contributed by atoms with Gasteiger partial charge in [-0.3, -0.25) is 9.59 Å². The van der Waals surface area contributed by atoms with Crippen LogP contribution in [0.3, 0.4) is 0 Å². The van der Waals surface area contributed by atoms with Crippen molar-refractivity contribution in [3.8, 4) is 33.3 Å². The predicted molar refractivity (Wildman–Crippen MR) is 324 cm³/mol. The Morgan fingerprint density at radius 3 is 2.39 bits per heavy atom. The Bertz CT molecular complexity index is 3210. The number of aryl methyl sites for hydroxylation is 1. The fraction of sp³-hybridized carbons (Fsp3) is 0.540. The van der Waals surface area contributed by atoms with Gasteiger partial charge >= 0.3 is 0 Å². The monoisotopic (exact) mass is 1160 g/mol. The summed E-state index contributed by atoms with van der Waals surface area (Å²) < 4.78 is 19.1. The summed E-state index contributed by atoms with van der Waals surface area (Å²) in [6, 6.07) is 22.4. The lowest BCUT2D eigenvalue weighted by Crippen LogP contribution is -2.49. The van der Waals surface area contributed by atoms with E-state index in [1.807, 2.05) is 81.0 Å². The van der Waals surface area contributed by atoms with Crippen LogP contribution in [0.25, 0.3) is 21.7 Å². The number of likely N-dealkylation sites (tertiary alicyclic amines) is 2. The number of nitrogens with zero attached hydrogens (tertiary/aromatic N) is 10. The lowest BCUT2D eigenvalue weighted by Gasteiger charge is -2.41. The Morgan fingerprint density at radius 2 is 1.64 bits per heavy atom. The number of nitrogens with one attached hydrogen (secondary N) is 1. The number of aliphatic hydroxyl groups is 1. The average Bonchev–Trinajstić information content (AvgIpc) is 3.40. The van der Waals surface area contributed by atoms with Gasteiger partial charge in [-0.25, -0.2) is 9.97 Å². The van der Waals surface area contributed by atoms with E-state index >= 15 is 0 Å². The van der Waals surface area contributed by atoms with Crippen molar-refractivity contribution in [3.63, 3.8) is 0 Å². The summed E-state index contributed by atoms with van der Waals surface area (Å²) in [7, 11) is 0. The molecule has 4 aromatic heterocycles. The van der Waals surface area contributed by atoms with Crippen molar-refractivity contribution >= 4 is 46.2 Å². The summed E-state index contributed by atoms with van der Waals surface area (Å²) in [5.41, 5.74) is 20.5. The molecule has 6 aliphatic rings. The second kappa shape index (κ2) is 25.4. The summed E-state index contributed by atoms with van der Waals surface area (Å²) in [6.07, 6.45) is 10.2. The van der Waals surface area contributed by atoms with Gasteiger partial charge in [-0.15, -0.1) is 21.5 Å². The maximum Gasteiger partial charge on any atom is 0.243 e. The quantitative estimate of drug-likeness (QED) is 0.0524. The minimum absolute atomic E-state index is 0.0638. The number of amides is 2. The number of nitrogens with two attached hydrogens (primary N) is 2. The molecule has 20 nitrogen and oxygen atoms in total. The number of β-amino-alcohol motifs (C(OH)–C–C–N with tert-alkyl or cyclic N) is 1. The molecule has 6 fully saturated rings. The zero-order valence-corrected chi connectivity index (χ0v) is 49.4. The van der Waals surface area contributed by atoms with E-state index in [1.165, 1.54) is 4.90 Å². The molecule has 2 amide bonds. The highest BCUT2D eigenvalue weighted by atomic mass is 32.1. The Balaban J connectivity index is 0.571. The summed E-state index contributed by atoms with van der Waals surface area (Å²) in [6.45, 7) is 13.9. The van der Waals surface area contributed by atoms with Gasteiger partial charge in [-0.2, -0.15) is 0 Å². The summed E-state index contributed by atoms with van der Waals surface area (Å²) in [5.74, 6) is 2.17. The van der Waals surface area contributed by atoms with E-state index < -0.39 is 18.1 Å². The lowest BCUT2D eigenvalue weighted by molar-refractivity contribution is -0.141. The third kappa shape index (κ3) is 12.7. The SMILES string of the molecule is Cc1ncsc1-c1ccc([C@H](CCN)NC(=O)[C@@H]2C[C@@H](O)CN2C(=O)[C@@H](c2cc(N3CCC(CN4CCC(O[C@H]5C[C@H](Oc6cc(N7CC8CCN(c9cc(-c%10ccccc%10O)nnc9N)CC7C8)ccn6)C5)CC4)CC3)no2)C(C)C)cc1. The normalized spacial score (nSPS) is 24.1. The number of carbonyl (C=O) groups is 2. The highest BCUT2D eigenvalue weighted by Crippen LogP contribution is 2.40. The second-order valence-corrected chi connectivity index (χ2v) is 25.5. The fourth-order valence-corrected chi connectivity index (χ4v) is 14.6. The van der Waals surface area contributed by atoms with Crippen molar-refractivity contribution in [2.75, 3.05) is 85.9 Å². The maximum atomic E-state index is 14.5. The Kier molecular flexibility index (Phi) is 17.4. The van der Waals surface area contributed by atoms with Crippen LogP contribution in [0.2, 0.25) is 0 Å². The van der Waals surface area contributed by atoms with Crippen LogP contribution in [0.15, 0.2) is 89.0 Å². The number of piperidine rings is 2. The van der Waals surface area contributed by atoms with Gasteiger partial charge in [0.15, 0.2) is 17.4 Å². The molecule has 0 spiro atoms. The van der Waals surface area contributed by atoms with E-state index in [2.05, 4.69) is 62.4 Å². The number of rotatable bonds is 19. The smallest absolute Gasteiger partial charge is 0.243 e. The number of hydrogen-bond donors (Lipinski definition) is 5. The molecule has 1 saturated carbocycles. The number of nitrogen functional groups attached to an aromatic ring is 1. The van der Waals surface area contributed by atoms with Crippen LogP contribution < -0.4 is 36.2 Å². The average molecular weight is 1160 g/mol. The number of aromatic nitrogens is 5. The van der Waals surface area contributed by atoms with E-state index in [0.717, 1.165) is 143 Å². The standard InChI is InChI=1S/C63H81N13O7S/c1-38(2)59(63(80)76-36-46(77)28-54(76)62(79)68-51(12-19-64)42-8-10-43(11-9-42)60-39(3)67-37-84-60)56-32-57(71-83-56)73-23-14-40(15-24-73)33-72-21-17-47(18-22-72)81-48-29-49(30-48)82-58-27-44(13-20-66-58)75-34-41-16-25-74(35-45(75)26-41)53-31-52(69-70-61(53)65)50-6-4-5-7-55(50)78/h4-11,13,20,27,31-32,37-38,40-41,45-49,51,54,59,77-78H,12,14-19,21-26,28-30,33-36,64H2,1-3H3,(H2,65,70)(H,68,79)/t41?,45?,46-,48-,49-,51+,54+,59-/m1/s1. The number of aliphatic hydroxyl groups excluding tert-OH is 1. The number of para-hydroxylation sites is 1. The lowest BCUT2D eigenvalue weighted by atomic mass is 9.91. The van der Waals surface area contributed by atoms with Gasteiger partial charge in [-0.1, -0.05) is 55.4 Å². The first-order chi connectivity index (χ1) is 40.8. The first kappa shape index (κ1) is 57.5. The fourth-order valence-electron chi connectivity index (χ4n) is 13.8. The number of phenols is 1. The molecular weight excluding hydrogens is 1080 g/mol. The number of fused-ring (bicyclic) bond motifs is 2. The molecule has 2 bridgehead atoms. The third-order valence-electron chi connectivity index (χ3n) is 18.5. The Labute approximate surface area is 495 Å². The van der Waals surface area contributed by atoms with Crippen LogP contribution in [0.5, 0.6) is 11.6 Å².